The van der Waals surface area contributed by atoms with E-state index in [1.165, 1.54) is 4.88 Å². The van der Waals surface area contributed by atoms with Crippen molar-refractivity contribution in [3.8, 4) is 0 Å². The van der Waals surface area contributed by atoms with E-state index >= 15 is 0 Å². The van der Waals surface area contributed by atoms with Crippen LogP contribution in [-0.2, 0) is 23.3 Å². The Balaban J connectivity index is 3.13. The number of thiazole rings is 1. The predicted octanol–water partition coefficient (Wildman–Crippen LogP) is 3.46. The van der Waals surface area contributed by atoms with E-state index < -0.39 is 0 Å². The number of methoxy groups -OCH3 is 1. The molecule has 0 atom stereocenters. The number of hydrogen-bond acceptors (Lipinski definition) is 4. The highest BCUT2D eigenvalue weighted by Gasteiger charge is 2.32. The second-order valence-corrected chi connectivity index (χ2v) is 6.18. The zero-order valence-corrected chi connectivity index (χ0v) is 13.1. The topological polar surface area (TPSA) is 48.1 Å². The van der Waals surface area contributed by atoms with Gasteiger partial charge in [-0.1, -0.05) is 27.7 Å². The van der Waals surface area contributed by atoms with Crippen molar-refractivity contribution in [2.24, 2.45) is 11.7 Å². The molecule has 1 aromatic heterocycles. The van der Waals surface area contributed by atoms with E-state index in [-0.39, 0.29) is 5.60 Å². The summed E-state index contributed by atoms with van der Waals surface area (Å²) in [6, 6.07) is 0. The summed E-state index contributed by atoms with van der Waals surface area (Å²) in [5.41, 5.74) is 6.77. The summed E-state index contributed by atoms with van der Waals surface area (Å²) < 4.78 is 5.75. The van der Waals surface area contributed by atoms with Gasteiger partial charge in [0.2, 0.25) is 0 Å². The average molecular weight is 270 g/mol. The molecule has 1 rings (SSSR count). The van der Waals surface area contributed by atoms with Crippen molar-refractivity contribution in [2.75, 3.05) is 7.11 Å². The minimum Gasteiger partial charge on any atom is -0.371 e. The first-order chi connectivity index (χ1) is 8.52. The molecule has 0 bridgehead atoms. The average Bonchev–Trinajstić information content (AvgIpc) is 2.75. The fourth-order valence-corrected chi connectivity index (χ4v) is 3.49. The van der Waals surface area contributed by atoms with E-state index in [0.29, 0.717) is 12.5 Å². The summed E-state index contributed by atoms with van der Waals surface area (Å²) in [6.45, 7) is 9.30. The van der Waals surface area contributed by atoms with Gasteiger partial charge in [-0.3, -0.25) is 0 Å². The Bertz CT molecular complexity index is 362. The van der Waals surface area contributed by atoms with Gasteiger partial charge in [0.15, 0.2) is 0 Å². The molecule has 0 radical (unpaired) electrons. The number of nitrogens with zero attached hydrogens (tertiary/aromatic N) is 1. The molecule has 18 heavy (non-hydrogen) atoms. The molecular weight excluding hydrogens is 244 g/mol. The third kappa shape index (κ3) is 3.11. The fraction of sp³-hybridized carbons (Fsp3) is 0.786. The predicted molar refractivity (Wildman–Crippen MR) is 77.8 cm³/mol. The Hall–Kier alpha value is -0.450. The van der Waals surface area contributed by atoms with Crippen LogP contribution < -0.4 is 5.73 Å². The molecule has 0 aliphatic heterocycles. The Morgan fingerprint density at radius 1 is 1.33 bits per heavy atom. The van der Waals surface area contributed by atoms with Crippen molar-refractivity contribution in [3.05, 3.63) is 15.6 Å². The molecular formula is C14H26N2OS. The quantitative estimate of drug-likeness (QED) is 0.825. The Morgan fingerprint density at radius 3 is 2.33 bits per heavy atom. The van der Waals surface area contributed by atoms with Gasteiger partial charge in [-0.05, 0) is 25.2 Å². The van der Waals surface area contributed by atoms with E-state index in [2.05, 4.69) is 27.7 Å². The lowest BCUT2D eigenvalue weighted by molar-refractivity contribution is -0.0220. The summed E-state index contributed by atoms with van der Waals surface area (Å²) in [5, 5.41) is 1.09. The molecule has 1 aromatic rings. The second-order valence-electron chi connectivity index (χ2n) is 5.10. The summed E-state index contributed by atoms with van der Waals surface area (Å²) in [6.07, 6.45) is 2.88. The molecule has 0 amide bonds. The highest BCUT2D eigenvalue weighted by atomic mass is 32.1. The molecule has 0 unspecified atom stereocenters. The van der Waals surface area contributed by atoms with Gasteiger partial charge in [-0.15, -0.1) is 11.3 Å². The van der Waals surface area contributed by atoms with Gasteiger partial charge in [0.25, 0.3) is 0 Å². The highest BCUT2D eigenvalue weighted by Crippen LogP contribution is 2.36. The molecule has 0 fully saturated rings. The first-order valence-corrected chi connectivity index (χ1v) is 7.58. The van der Waals surface area contributed by atoms with Crippen molar-refractivity contribution >= 4 is 11.3 Å². The van der Waals surface area contributed by atoms with Gasteiger partial charge < -0.3 is 10.5 Å². The summed E-state index contributed by atoms with van der Waals surface area (Å²) >= 11 is 1.72. The minimum atomic E-state index is -0.232. The third-order valence-corrected chi connectivity index (χ3v) is 4.79. The van der Waals surface area contributed by atoms with E-state index in [1.807, 2.05) is 0 Å². The number of nitrogens with two attached hydrogens (primary N) is 1. The van der Waals surface area contributed by atoms with E-state index in [1.54, 1.807) is 18.4 Å². The number of ether oxygens (including phenoxy) is 1. The molecule has 0 aromatic carbocycles. The number of hydrogen-bond donors (Lipinski definition) is 1. The Morgan fingerprint density at radius 2 is 1.94 bits per heavy atom. The summed E-state index contributed by atoms with van der Waals surface area (Å²) in [5.74, 6) is 0.602. The van der Waals surface area contributed by atoms with Crippen molar-refractivity contribution in [1.29, 1.82) is 0 Å². The zero-order valence-electron chi connectivity index (χ0n) is 12.2. The van der Waals surface area contributed by atoms with Crippen LogP contribution >= 0.6 is 11.3 Å². The highest BCUT2D eigenvalue weighted by molar-refractivity contribution is 7.11. The van der Waals surface area contributed by atoms with Gasteiger partial charge in [0.1, 0.15) is 10.6 Å². The molecule has 0 saturated heterocycles. The van der Waals surface area contributed by atoms with Crippen molar-refractivity contribution in [1.82, 2.24) is 4.98 Å². The lowest BCUT2D eigenvalue weighted by atomic mass is 9.98. The fourth-order valence-electron chi connectivity index (χ4n) is 2.21. The molecule has 0 aliphatic rings. The van der Waals surface area contributed by atoms with Crippen LogP contribution in [0.2, 0.25) is 0 Å². The van der Waals surface area contributed by atoms with Crippen LogP contribution in [-0.4, -0.2) is 12.1 Å². The van der Waals surface area contributed by atoms with E-state index in [0.717, 1.165) is 30.0 Å². The van der Waals surface area contributed by atoms with Crippen LogP contribution in [0.15, 0.2) is 0 Å². The molecule has 104 valence electrons. The van der Waals surface area contributed by atoms with Crippen LogP contribution in [0, 0.1) is 5.92 Å². The van der Waals surface area contributed by atoms with E-state index in [9.17, 15) is 0 Å². The van der Waals surface area contributed by atoms with Crippen LogP contribution in [0.3, 0.4) is 0 Å². The molecule has 4 heteroatoms. The van der Waals surface area contributed by atoms with Crippen molar-refractivity contribution < 1.29 is 4.74 Å². The smallest absolute Gasteiger partial charge is 0.125 e. The SMILES string of the molecule is CCC(CC)(OC)c1nc(CC(C)C)c(CN)s1. The van der Waals surface area contributed by atoms with Crippen molar-refractivity contribution in [3.63, 3.8) is 0 Å². The first-order valence-electron chi connectivity index (χ1n) is 6.77. The maximum absolute atomic E-state index is 5.84. The van der Waals surface area contributed by atoms with Crippen molar-refractivity contribution in [2.45, 2.75) is 59.1 Å². The Kier molecular flexibility index (Phi) is 5.76. The maximum Gasteiger partial charge on any atom is 0.125 e. The number of aromatic nitrogens is 1. The maximum atomic E-state index is 5.84. The second kappa shape index (κ2) is 6.64. The zero-order chi connectivity index (χ0) is 13.8. The molecule has 0 spiro atoms. The van der Waals surface area contributed by atoms with Crippen LogP contribution in [0.25, 0.3) is 0 Å². The standard InChI is InChI=1S/C14H26N2OS/c1-6-14(7-2,17-5)13-16-11(8-10(3)4)12(9-15)18-13/h10H,6-9,15H2,1-5H3. The largest absolute Gasteiger partial charge is 0.371 e. The lowest BCUT2D eigenvalue weighted by Crippen LogP contribution is -2.26. The summed E-state index contributed by atoms with van der Waals surface area (Å²) in [7, 11) is 1.78. The van der Waals surface area contributed by atoms with Gasteiger partial charge in [0, 0.05) is 18.5 Å². The summed E-state index contributed by atoms with van der Waals surface area (Å²) in [4.78, 5) is 6.03. The molecule has 0 saturated carbocycles. The first kappa shape index (κ1) is 15.6. The molecule has 3 nitrogen and oxygen atoms in total. The monoisotopic (exact) mass is 270 g/mol. The van der Waals surface area contributed by atoms with Gasteiger partial charge in [-0.2, -0.15) is 0 Å². The van der Waals surface area contributed by atoms with E-state index in [4.69, 9.17) is 15.5 Å². The van der Waals surface area contributed by atoms with Crippen LogP contribution in [0.4, 0.5) is 0 Å². The Labute approximate surface area is 115 Å². The van der Waals surface area contributed by atoms with Gasteiger partial charge in [-0.25, -0.2) is 4.98 Å². The van der Waals surface area contributed by atoms with Crippen LogP contribution in [0.5, 0.6) is 0 Å². The van der Waals surface area contributed by atoms with Gasteiger partial charge in [0.05, 0.1) is 5.69 Å². The molecule has 1 heterocycles. The number of rotatable bonds is 7. The normalized spacial score (nSPS) is 12.4. The van der Waals surface area contributed by atoms with Gasteiger partial charge >= 0.3 is 0 Å². The third-order valence-electron chi connectivity index (χ3n) is 3.49. The lowest BCUT2D eigenvalue weighted by Gasteiger charge is -2.27. The molecule has 2 N–H and O–H groups in total. The van der Waals surface area contributed by atoms with Crippen LogP contribution in [0.1, 0.15) is 56.1 Å². The minimum absolute atomic E-state index is 0.232. The molecule has 0 aliphatic carbocycles.